The van der Waals surface area contributed by atoms with Crippen LogP contribution in [0.15, 0.2) is 54.6 Å². The van der Waals surface area contributed by atoms with Crippen molar-refractivity contribution in [2.75, 3.05) is 37.6 Å². The minimum atomic E-state index is -0.700. The molecule has 0 aliphatic carbocycles. The van der Waals surface area contributed by atoms with Crippen molar-refractivity contribution in [3.63, 3.8) is 0 Å². The molecular weight excluding hydrogens is 335 g/mol. The number of aliphatic carboxylic acids is 1. The summed E-state index contributed by atoms with van der Waals surface area (Å²) in [7, 11) is 0. The maximum absolute atomic E-state index is 10.6. The Hall–Kier alpha value is -1.33. The second-order valence-electron chi connectivity index (χ2n) is 6.65. The number of hydrogen-bond acceptors (Lipinski definition) is 3. The molecule has 134 valence electrons. The summed E-state index contributed by atoms with van der Waals surface area (Å²) in [5.74, 6) is -0.700. The van der Waals surface area contributed by atoms with Gasteiger partial charge in [-0.05, 0) is 42.6 Å². The summed E-state index contributed by atoms with van der Waals surface area (Å²) in [6.07, 6.45) is 1.98. The Labute approximate surface area is 179 Å². The number of rotatable bonds is 7. The molecule has 26 heavy (non-hydrogen) atoms. The molecule has 0 unspecified atom stereocenters. The summed E-state index contributed by atoms with van der Waals surface area (Å²) in [5.41, 5.74) is 3.95. The van der Waals surface area contributed by atoms with Crippen molar-refractivity contribution in [2.45, 2.75) is 19.3 Å². The van der Waals surface area contributed by atoms with E-state index in [0.717, 1.165) is 45.6 Å². The van der Waals surface area contributed by atoms with E-state index in [9.17, 15) is 4.79 Å². The van der Waals surface area contributed by atoms with Gasteiger partial charge in [-0.15, -0.1) is 0 Å². The fraction of sp³-hybridized carbons (Fsp3) is 0.381. The van der Waals surface area contributed by atoms with Crippen LogP contribution in [-0.4, -0.2) is 48.7 Å². The van der Waals surface area contributed by atoms with Crippen LogP contribution in [0.3, 0.4) is 0 Å². The van der Waals surface area contributed by atoms with E-state index in [2.05, 4.69) is 58.3 Å². The molecule has 0 aromatic heterocycles. The summed E-state index contributed by atoms with van der Waals surface area (Å²) < 4.78 is 0. The number of carboxylic acid groups (broad SMARTS) is 1. The molecule has 0 spiro atoms. The van der Waals surface area contributed by atoms with Gasteiger partial charge in [0.05, 0.1) is 0 Å². The third-order valence-corrected chi connectivity index (χ3v) is 4.79. The van der Waals surface area contributed by atoms with Crippen molar-refractivity contribution in [1.82, 2.24) is 4.90 Å². The molecule has 0 amide bonds. The Morgan fingerprint density at radius 3 is 2.15 bits per heavy atom. The normalized spacial score (nSPS) is 14.7. The van der Waals surface area contributed by atoms with E-state index >= 15 is 0 Å². The quantitative estimate of drug-likeness (QED) is 0.724. The molecule has 3 rings (SSSR count). The predicted molar refractivity (Wildman–Crippen MR) is 102 cm³/mol. The molecule has 1 aliphatic heterocycles. The zero-order chi connectivity index (χ0) is 17.5. The van der Waals surface area contributed by atoms with E-state index in [4.69, 9.17) is 5.11 Å². The van der Waals surface area contributed by atoms with Crippen LogP contribution in [0.2, 0.25) is 0 Å². The molecule has 5 heteroatoms. The van der Waals surface area contributed by atoms with Crippen molar-refractivity contribution in [3.8, 4) is 0 Å². The first-order chi connectivity index (χ1) is 12.2. The van der Waals surface area contributed by atoms with E-state index < -0.39 is 5.97 Å². The topological polar surface area (TPSA) is 43.8 Å². The summed E-state index contributed by atoms with van der Waals surface area (Å²) in [6, 6.07) is 19.4. The van der Waals surface area contributed by atoms with Gasteiger partial charge >= 0.3 is 35.5 Å². The van der Waals surface area contributed by atoms with Gasteiger partial charge in [0.2, 0.25) is 0 Å². The smallest absolute Gasteiger partial charge is 1.00 e. The van der Waals surface area contributed by atoms with Gasteiger partial charge in [0, 0.05) is 38.3 Å². The third kappa shape index (κ3) is 6.44. The fourth-order valence-electron chi connectivity index (χ4n) is 3.34. The maximum atomic E-state index is 10.6. The molecule has 4 nitrogen and oxygen atoms in total. The number of carboxylic acids is 1. The van der Waals surface area contributed by atoms with Crippen molar-refractivity contribution in [3.05, 3.63) is 65.7 Å². The summed E-state index contributed by atoms with van der Waals surface area (Å²) >= 11 is 0. The average molecular weight is 362 g/mol. The van der Waals surface area contributed by atoms with E-state index in [0.29, 0.717) is 0 Å². The van der Waals surface area contributed by atoms with E-state index in [-0.39, 0.29) is 37.4 Å². The van der Waals surface area contributed by atoms with Crippen LogP contribution in [0.5, 0.6) is 0 Å². The summed E-state index contributed by atoms with van der Waals surface area (Å²) in [6.45, 7) is 4.91. The van der Waals surface area contributed by atoms with Crippen LogP contribution in [0.25, 0.3) is 0 Å². The standard InChI is InChI=1S/C21H26N2O2.Na.H/c24-21(25)7-4-12-22-13-15-23(16-14-22)20-10-8-19(9-11-20)17-18-5-2-1-3-6-18;;/h1-3,5-6,8-11H,4,7,12-17H2,(H,24,25);;/q;+1;-1. The minimum absolute atomic E-state index is 0. The monoisotopic (exact) mass is 362 g/mol. The first kappa shape index (κ1) is 21.0. The number of piperazine rings is 1. The summed E-state index contributed by atoms with van der Waals surface area (Å²) in [4.78, 5) is 15.4. The maximum Gasteiger partial charge on any atom is 1.00 e. The van der Waals surface area contributed by atoms with Gasteiger partial charge in [-0.1, -0.05) is 42.5 Å². The first-order valence-corrected chi connectivity index (χ1v) is 9.03. The van der Waals surface area contributed by atoms with E-state index in [1.807, 2.05) is 6.07 Å². The van der Waals surface area contributed by atoms with Crippen LogP contribution in [0.4, 0.5) is 5.69 Å². The number of hydrogen-bond donors (Lipinski definition) is 1. The van der Waals surface area contributed by atoms with Crippen molar-refractivity contribution < 1.29 is 40.9 Å². The molecule has 0 radical (unpaired) electrons. The fourth-order valence-corrected chi connectivity index (χ4v) is 3.34. The van der Waals surface area contributed by atoms with Gasteiger partial charge in [0.15, 0.2) is 0 Å². The van der Waals surface area contributed by atoms with E-state index in [1.54, 1.807) is 0 Å². The predicted octanol–water partition coefficient (Wildman–Crippen LogP) is 0.381. The molecule has 0 atom stereocenters. The van der Waals surface area contributed by atoms with Crippen molar-refractivity contribution in [1.29, 1.82) is 0 Å². The third-order valence-electron chi connectivity index (χ3n) is 4.79. The Balaban J connectivity index is 0.00000182. The van der Waals surface area contributed by atoms with Crippen LogP contribution in [0.1, 0.15) is 25.4 Å². The van der Waals surface area contributed by atoms with Gasteiger partial charge in [-0.2, -0.15) is 0 Å². The van der Waals surface area contributed by atoms with Crippen LogP contribution in [0, 0.1) is 0 Å². The number of nitrogens with zero attached hydrogens (tertiary/aromatic N) is 2. The molecule has 2 aromatic rings. The molecule has 1 aliphatic rings. The second-order valence-corrected chi connectivity index (χ2v) is 6.65. The molecular formula is C21H27N2NaO2. The number of anilines is 1. The Morgan fingerprint density at radius 2 is 1.54 bits per heavy atom. The first-order valence-electron chi connectivity index (χ1n) is 9.03. The average Bonchev–Trinajstić information content (AvgIpc) is 2.64. The van der Waals surface area contributed by atoms with Crippen molar-refractivity contribution >= 4 is 11.7 Å². The largest absolute Gasteiger partial charge is 1.00 e. The Bertz CT molecular complexity index is 674. The van der Waals surface area contributed by atoms with Crippen LogP contribution >= 0.6 is 0 Å². The molecule has 0 saturated carbocycles. The van der Waals surface area contributed by atoms with Crippen molar-refractivity contribution in [2.24, 2.45) is 0 Å². The zero-order valence-corrected chi connectivity index (χ0v) is 17.6. The minimum Gasteiger partial charge on any atom is -1.00 e. The molecule has 2 aromatic carbocycles. The molecule has 1 saturated heterocycles. The molecule has 1 fully saturated rings. The second kappa shape index (κ2) is 10.7. The molecule has 1 N–H and O–H groups in total. The van der Waals surface area contributed by atoms with Gasteiger partial charge in [-0.25, -0.2) is 0 Å². The van der Waals surface area contributed by atoms with Gasteiger partial charge in [0.1, 0.15) is 0 Å². The Morgan fingerprint density at radius 1 is 0.923 bits per heavy atom. The number of benzene rings is 2. The Kier molecular flexibility index (Phi) is 8.66. The SMILES string of the molecule is O=C(O)CCCN1CCN(c2ccc(Cc3ccccc3)cc2)CC1.[H-].[Na+]. The van der Waals surface area contributed by atoms with E-state index in [1.165, 1.54) is 16.8 Å². The molecule has 0 bridgehead atoms. The van der Waals surface area contributed by atoms with Crippen LogP contribution in [-0.2, 0) is 11.2 Å². The van der Waals surface area contributed by atoms with Crippen LogP contribution < -0.4 is 34.5 Å². The van der Waals surface area contributed by atoms with Gasteiger partial charge in [0.25, 0.3) is 0 Å². The molecule has 1 heterocycles. The van der Waals surface area contributed by atoms with Gasteiger partial charge < -0.3 is 11.4 Å². The number of carbonyl (C=O) groups is 1. The summed E-state index contributed by atoms with van der Waals surface area (Å²) in [5, 5.41) is 8.72. The zero-order valence-electron chi connectivity index (χ0n) is 16.6. The van der Waals surface area contributed by atoms with Gasteiger partial charge in [-0.3, -0.25) is 9.69 Å².